The molecule has 0 aliphatic carbocycles. The Labute approximate surface area is 161 Å². The van der Waals surface area contributed by atoms with Gasteiger partial charge in [0.2, 0.25) is 5.91 Å². The van der Waals surface area contributed by atoms with E-state index < -0.39 is 5.67 Å². The average Bonchev–Trinajstić information content (AvgIpc) is 3.41. The first-order valence-corrected chi connectivity index (χ1v) is 10.4. The summed E-state index contributed by atoms with van der Waals surface area (Å²) in [6.45, 7) is 0. The van der Waals surface area contributed by atoms with Crippen molar-refractivity contribution in [1.29, 1.82) is 0 Å². The summed E-state index contributed by atoms with van der Waals surface area (Å²) < 4.78 is 15.7. The van der Waals surface area contributed by atoms with Crippen molar-refractivity contribution < 1.29 is 9.18 Å². The van der Waals surface area contributed by atoms with Crippen molar-refractivity contribution in [2.75, 3.05) is 5.75 Å². The number of rotatable bonds is 3. The zero-order valence-electron chi connectivity index (χ0n) is 14.8. The third kappa shape index (κ3) is 2.88. The number of aromatic nitrogens is 3. The van der Waals surface area contributed by atoms with Gasteiger partial charge in [-0.1, -0.05) is 12.1 Å². The highest BCUT2D eigenvalue weighted by Crippen LogP contribution is 2.49. The van der Waals surface area contributed by atoms with Crippen LogP contribution >= 0.6 is 11.8 Å². The Bertz CT molecular complexity index is 855. The molecule has 1 N–H and O–H groups in total. The molecule has 5 nitrogen and oxygen atoms in total. The van der Waals surface area contributed by atoms with Crippen molar-refractivity contribution in [2.45, 2.75) is 43.4 Å². The Kier molecular flexibility index (Phi) is 4.07. The smallest absolute Gasteiger partial charge is 0.230 e. The topological polar surface area (TPSA) is 61.9 Å². The van der Waals surface area contributed by atoms with E-state index in [-0.39, 0.29) is 23.9 Å². The number of amides is 1. The van der Waals surface area contributed by atoms with Gasteiger partial charge in [0.15, 0.2) is 5.67 Å². The zero-order chi connectivity index (χ0) is 18.4. The molecule has 2 aromatic rings. The fraction of sp³-hybridized carbons (Fsp3) is 0.450. The van der Waals surface area contributed by atoms with Gasteiger partial charge in [-0.05, 0) is 25.0 Å². The molecule has 7 heteroatoms. The van der Waals surface area contributed by atoms with Gasteiger partial charge in [0.05, 0.1) is 17.8 Å². The van der Waals surface area contributed by atoms with E-state index in [0.29, 0.717) is 18.5 Å². The van der Waals surface area contributed by atoms with E-state index in [0.717, 1.165) is 29.1 Å². The number of carbonyl (C=O) groups is 1. The van der Waals surface area contributed by atoms with E-state index in [1.165, 1.54) is 0 Å². The second kappa shape index (κ2) is 6.48. The second-order valence-corrected chi connectivity index (χ2v) is 8.72. The minimum Gasteiger partial charge on any atom is -0.336 e. The Morgan fingerprint density at radius 3 is 2.78 bits per heavy atom. The number of pyridine rings is 1. The van der Waals surface area contributed by atoms with Crippen LogP contribution in [0.25, 0.3) is 4.91 Å². The molecule has 3 aliphatic rings. The fourth-order valence-electron chi connectivity index (χ4n) is 4.75. The first-order chi connectivity index (χ1) is 13.1. The molecule has 5 heterocycles. The van der Waals surface area contributed by atoms with E-state index >= 15 is 4.39 Å². The molecule has 1 amide bonds. The van der Waals surface area contributed by atoms with Crippen molar-refractivity contribution in [1.82, 2.24) is 20.1 Å². The molecule has 0 radical (unpaired) electrons. The first-order valence-electron chi connectivity index (χ1n) is 9.40. The van der Waals surface area contributed by atoms with Crippen LogP contribution in [0.2, 0.25) is 0 Å². The summed E-state index contributed by atoms with van der Waals surface area (Å²) in [5.41, 5.74) is 0.105. The molecule has 2 saturated heterocycles. The van der Waals surface area contributed by atoms with Crippen LogP contribution in [0, 0.1) is 5.92 Å². The number of aromatic amines is 1. The molecule has 0 saturated carbocycles. The summed E-state index contributed by atoms with van der Waals surface area (Å²) in [6.07, 6.45) is 9.79. The van der Waals surface area contributed by atoms with Gasteiger partial charge >= 0.3 is 0 Å². The van der Waals surface area contributed by atoms with Gasteiger partial charge in [0.1, 0.15) is 0 Å². The summed E-state index contributed by atoms with van der Waals surface area (Å²) in [5.74, 6) is 0.762. The largest absolute Gasteiger partial charge is 0.336 e. The number of hydrogen-bond acceptors (Lipinski definition) is 4. The highest BCUT2D eigenvalue weighted by Gasteiger charge is 2.52. The fourth-order valence-corrected chi connectivity index (χ4v) is 5.88. The van der Waals surface area contributed by atoms with Gasteiger partial charge in [0, 0.05) is 53.5 Å². The molecule has 0 aromatic carbocycles. The maximum absolute atomic E-state index is 15.7. The molecule has 2 aromatic heterocycles. The number of halogens is 1. The van der Waals surface area contributed by atoms with Crippen molar-refractivity contribution in [3.8, 4) is 0 Å². The van der Waals surface area contributed by atoms with E-state index in [1.54, 1.807) is 30.2 Å². The van der Waals surface area contributed by atoms with Crippen LogP contribution in [-0.4, -0.2) is 43.8 Å². The van der Waals surface area contributed by atoms with Crippen LogP contribution in [0.1, 0.15) is 36.9 Å². The lowest BCUT2D eigenvalue weighted by atomic mass is 9.84. The third-order valence-electron chi connectivity index (χ3n) is 5.99. The average molecular weight is 384 g/mol. The van der Waals surface area contributed by atoms with Gasteiger partial charge in [0.25, 0.3) is 0 Å². The van der Waals surface area contributed by atoms with Crippen LogP contribution < -0.4 is 0 Å². The molecule has 2 bridgehead atoms. The second-order valence-electron chi connectivity index (χ2n) is 7.65. The lowest BCUT2D eigenvalue weighted by Gasteiger charge is -2.42. The minimum absolute atomic E-state index is 0.0281. The molecule has 3 unspecified atom stereocenters. The van der Waals surface area contributed by atoms with Gasteiger partial charge in [-0.2, -0.15) is 5.10 Å². The number of thioether (sulfide) groups is 1. The van der Waals surface area contributed by atoms with Gasteiger partial charge < -0.3 is 4.90 Å². The number of alkyl halides is 1. The molecular weight excluding hydrogens is 363 g/mol. The van der Waals surface area contributed by atoms with Crippen LogP contribution in [0.15, 0.2) is 42.9 Å². The molecule has 140 valence electrons. The van der Waals surface area contributed by atoms with Crippen LogP contribution in [0.5, 0.6) is 0 Å². The summed E-state index contributed by atoms with van der Waals surface area (Å²) in [6, 6.07) is 5.35. The molecular formula is C20H21FN4OS. The van der Waals surface area contributed by atoms with E-state index in [4.69, 9.17) is 0 Å². The maximum atomic E-state index is 15.7. The lowest BCUT2D eigenvalue weighted by Crippen LogP contribution is -2.52. The van der Waals surface area contributed by atoms with Crippen molar-refractivity contribution >= 4 is 22.6 Å². The third-order valence-corrected chi connectivity index (χ3v) is 7.20. The summed E-state index contributed by atoms with van der Waals surface area (Å²) >= 11 is 1.69. The number of piperidine rings is 1. The number of nitrogens with one attached hydrogen (secondary N) is 1. The van der Waals surface area contributed by atoms with Crippen molar-refractivity contribution in [3.05, 3.63) is 54.1 Å². The Morgan fingerprint density at radius 2 is 2.11 bits per heavy atom. The summed E-state index contributed by atoms with van der Waals surface area (Å²) in [4.78, 5) is 20.6. The SMILES string of the molecule is O=C(C1C=C(c2cn[nH]c2)SC1)N1C2CCC1CC(F)(c1ccccn1)C2. The predicted molar refractivity (Wildman–Crippen MR) is 102 cm³/mol. The minimum atomic E-state index is -1.42. The monoisotopic (exact) mass is 384 g/mol. The first kappa shape index (κ1) is 17.0. The van der Waals surface area contributed by atoms with Crippen LogP contribution in [-0.2, 0) is 10.5 Å². The standard InChI is InChI=1S/C20H21FN4OS/c21-20(18-3-1-2-6-22-18)8-15-4-5-16(9-20)25(15)19(26)13-7-17(27-12-13)14-10-23-24-11-14/h1-3,6-7,10-11,13,15-16H,4-5,8-9,12H2,(H,23,24). The number of nitrogens with zero attached hydrogens (tertiary/aromatic N) is 3. The molecule has 0 spiro atoms. The number of carbonyl (C=O) groups excluding carboxylic acids is 1. The van der Waals surface area contributed by atoms with Gasteiger partial charge in [-0.15, -0.1) is 11.8 Å². The molecule has 2 fully saturated rings. The van der Waals surface area contributed by atoms with Crippen molar-refractivity contribution in [2.24, 2.45) is 5.92 Å². The normalized spacial score (nSPS) is 32.6. The highest BCUT2D eigenvalue weighted by atomic mass is 32.2. The Balaban J connectivity index is 1.35. The van der Waals surface area contributed by atoms with Gasteiger partial charge in [-0.25, -0.2) is 4.39 Å². The Morgan fingerprint density at radius 1 is 1.30 bits per heavy atom. The summed E-state index contributed by atoms with van der Waals surface area (Å²) in [5, 5.41) is 6.80. The van der Waals surface area contributed by atoms with E-state index in [1.807, 2.05) is 29.3 Å². The number of H-pyrrole nitrogens is 1. The number of fused-ring (bicyclic) bond motifs is 2. The molecule has 5 rings (SSSR count). The highest BCUT2D eigenvalue weighted by molar-refractivity contribution is 8.08. The van der Waals surface area contributed by atoms with Crippen LogP contribution in [0.3, 0.4) is 0 Å². The molecule has 27 heavy (non-hydrogen) atoms. The predicted octanol–water partition coefficient (Wildman–Crippen LogP) is 3.53. The van der Waals surface area contributed by atoms with Gasteiger partial charge in [-0.3, -0.25) is 14.9 Å². The molecule has 3 atom stereocenters. The quantitative estimate of drug-likeness (QED) is 0.879. The zero-order valence-corrected chi connectivity index (χ0v) is 15.7. The molecule has 3 aliphatic heterocycles. The van der Waals surface area contributed by atoms with Crippen molar-refractivity contribution in [3.63, 3.8) is 0 Å². The summed E-state index contributed by atoms with van der Waals surface area (Å²) in [7, 11) is 0. The van der Waals surface area contributed by atoms with E-state index in [2.05, 4.69) is 15.2 Å². The van der Waals surface area contributed by atoms with Crippen LogP contribution in [0.4, 0.5) is 4.39 Å². The lowest BCUT2D eigenvalue weighted by molar-refractivity contribution is -0.141. The van der Waals surface area contributed by atoms with E-state index in [9.17, 15) is 4.79 Å². The number of hydrogen-bond donors (Lipinski definition) is 1. The Hall–Kier alpha value is -2.15. The maximum Gasteiger partial charge on any atom is 0.230 e.